The van der Waals surface area contributed by atoms with Gasteiger partial charge in [0.15, 0.2) is 17.5 Å². The van der Waals surface area contributed by atoms with Crippen molar-refractivity contribution >= 4 is 29.9 Å². The lowest BCUT2D eigenvalue weighted by Gasteiger charge is -2.12. The molecule has 0 aromatic heterocycles. The molecule has 0 saturated carbocycles. The van der Waals surface area contributed by atoms with Gasteiger partial charge in [-0.15, -0.1) is 24.0 Å². The number of guanidine groups is 1. The number of hydrogen-bond acceptors (Lipinski definition) is 4. The summed E-state index contributed by atoms with van der Waals surface area (Å²) >= 11 is 0. The van der Waals surface area contributed by atoms with Gasteiger partial charge in [0.1, 0.15) is 0 Å². The number of hydrogen-bond donors (Lipinski definition) is 2. The standard InChI is InChI=1S/C16H25N3O3.HI/c1-3-21-15-9-12(6-7-14(15)20-2)10-18-16(17)19-11-13-5-4-8-22-13;/h6-7,9,13H,3-5,8,10-11H2,1-2H3,(H3,17,18,19);1H. The maximum absolute atomic E-state index is 5.88. The van der Waals surface area contributed by atoms with Crippen LogP contribution in [0, 0.1) is 0 Å². The summed E-state index contributed by atoms with van der Waals surface area (Å²) in [5.41, 5.74) is 6.90. The molecular formula is C16H26IN3O3. The minimum absolute atomic E-state index is 0. The predicted molar refractivity (Wildman–Crippen MR) is 102 cm³/mol. The van der Waals surface area contributed by atoms with Crippen LogP contribution in [0.5, 0.6) is 11.5 Å². The quantitative estimate of drug-likeness (QED) is 0.391. The highest BCUT2D eigenvalue weighted by Crippen LogP contribution is 2.28. The minimum Gasteiger partial charge on any atom is -0.493 e. The van der Waals surface area contributed by atoms with Crippen molar-refractivity contribution in [3.05, 3.63) is 23.8 Å². The van der Waals surface area contributed by atoms with Gasteiger partial charge in [-0.1, -0.05) is 6.07 Å². The highest BCUT2D eigenvalue weighted by Gasteiger charge is 2.14. The van der Waals surface area contributed by atoms with Gasteiger partial charge in [-0.25, -0.2) is 4.99 Å². The number of halogens is 1. The zero-order chi connectivity index (χ0) is 15.8. The average molecular weight is 435 g/mol. The molecule has 130 valence electrons. The van der Waals surface area contributed by atoms with Crippen molar-refractivity contribution in [2.24, 2.45) is 10.7 Å². The summed E-state index contributed by atoms with van der Waals surface area (Å²) in [6.07, 6.45) is 2.45. The fraction of sp³-hybridized carbons (Fsp3) is 0.562. The Morgan fingerprint density at radius 3 is 2.91 bits per heavy atom. The van der Waals surface area contributed by atoms with Crippen LogP contribution in [0.3, 0.4) is 0 Å². The molecule has 0 bridgehead atoms. The molecule has 1 aromatic carbocycles. The van der Waals surface area contributed by atoms with Crippen molar-refractivity contribution in [2.45, 2.75) is 32.4 Å². The van der Waals surface area contributed by atoms with E-state index < -0.39 is 0 Å². The number of nitrogens with two attached hydrogens (primary N) is 1. The molecule has 6 nitrogen and oxygen atoms in total. The molecule has 23 heavy (non-hydrogen) atoms. The number of methoxy groups -OCH3 is 1. The van der Waals surface area contributed by atoms with Gasteiger partial charge >= 0.3 is 0 Å². The summed E-state index contributed by atoms with van der Waals surface area (Å²) < 4.78 is 16.3. The van der Waals surface area contributed by atoms with Crippen LogP contribution in [-0.4, -0.2) is 38.9 Å². The first-order valence-electron chi connectivity index (χ1n) is 7.68. The van der Waals surface area contributed by atoms with Crippen LogP contribution >= 0.6 is 24.0 Å². The fourth-order valence-electron chi connectivity index (χ4n) is 2.34. The van der Waals surface area contributed by atoms with E-state index in [4.69, 9.17) is 19.9 Å². The third-order valence-corrected chi connectivity index (χ3v) is 3.49. The van der Waals surface area contributed by atoms with Crippen molar-refractivity contribution in [1.29, 1.82) is 0 Å². The van der Waals surface area contributed by atoms with Gasteiger partial charge in [0.2, 0.25) is 0 Å². The normalized spacial score (nSPS) is 17.5. The molecule has 1 atom stereocenters. The van der Waals surface area contributed by atoms with Crippen molar-refractivity contribution in [2.75, 3.05) is 26.9 Å². The molecule has 2 rings (SSSR count). The van der Waals surface area contributed by atoms with Crippen LogP contribution in [0.25, 0.3) is 0 Å². The second-order valence-corrected chi connectivity index (χ2v) is 5.14. The highest BCUT2D eigenvalue weighted by atomic mass is 127. The summed E-state index contributed by atoms with van der Waals surface area (Å²) in [5.74, 6) is 1.88. The van der Waals surface area contributed by atoms with E-state index in [0.717, 1.165) is 36.5 Å². The Balaban J connectivity index is 0.00000264. The summed E-state index contributed by atoms with van der Waals surface area (Å²) in [6, 6.07) is 5.77. The zero-order valence-electron chi connectivity index (χ0n) is 13.7. The predicted octanol–water partition coefficient (Wildman–Crippen LogP) is 2.30. The van der Waals surface area contributed by atoms with E-state index in [1.54, 1.807) is 7.11 Å². The molecule has 1 fully saturated rings. The Morgan fingerprint density at radius 2 is 2.26 bits per heavy atom. The first kappa shape index (κ1) is 19.8. The topological polar surface area (TPSA) is 78.1 Å². The molecule has 1 aliphatic heterocycles. The first-order chi connectivity index (χ1) is 10.7. The number of benzene rings is 1. The fourth-order valence-corrected chi connectivity index (χ4v) is 2.34. The van der Waals surface area contributed by atoms with E-state index in [9.17, 15) is 0 Å². The molecule has 1 unspecified atom stereocenters. The van der Waals surface area contributed by atoms with E-state index in [2.05, 4.69) is 10.3 Å². The molecule has 7 heteroatoms. The molecule has 1 saturated heterocycles. The summed E-state index contributed by atoms with van der Waals surface area (Å²) in [6.45, 7) is 4.58. The van der Waals surface area contributed by atoms with Gasteiger partial charge in [0.25, 0.3) is 0 Å². The van der Waals surface area contributed by atoms with Crippen molar-refractivity contribution in [3.8, 4) is 11.5 Å². The molecule has 3 N–H and O–H groups in total. The lowest BCUT2D eigenvalue weighted by Crippen LogP contribution is -2.37. The third-order valence-electron chi connectivity index (χ3n) is 3.49. The lowest BCUT2D eigenvalue weighted by atomic mass is 10.2. The summed E-state index contributed by atoms with van der Waals surface area (Å²) in [4.78, 5) is 4.34. The molecule has 1 aromatic rings. The van der Waals surface area contributed by atoms with E-state index in [0.29, 0.717) is 25.7 Å². The van der Waals surface area contributed by atoms with E-state index >= 15 is 0 Å². The third kappa shape index (κ3) is 6.42. The number of ether oxygens (including phenoxy) is 3. The smallest absolute Gasteiger partial charge is 0.189 e. The highest BCUT2D eigenvalue weighted by molar-refractivity contribution is 14.0. The monoisotopic (exact) mass is 435 g/mol. The number of rotatable bonds is 7. The molecular weight excluding hydrogens is 409 g/mol. The number of nitrogens with zero attached hydrogens (tertiary/aromatic N) is 1. The zero-order valence-corrected chi connectivity index (χ0v) is 16.0. The van der Waals surface area contributed by atoms with Gasteiger partial charge in [0, 0.05) is 13.2 Å². The van der Waals surface area contributed by atoms with Gasteiger partial charge < -0.3 is 25.3 Å². The molecule has 1 heterocycles. The van der Waals surface area contributed by atoms with Crippen LogP contribution < -0.4 is 20.5 Å². The summed E-state index contributed by atoms with van der Waals surface area (Å²) in [7, 11) is 1.63. The van der Waals surface area contributed by atoms with Crippen molar-refractivity contribution < 1.29 is 14.2 Å². The Kier molecular flexibility index (Phi) is 9.08. The Labute approximate surface area is 154 Å². The van der Waals surface area contributed by atoms with Crippen molar-refractivity contribution in [3.63, 3.8) is 0 Å². The van der Waals surface area contributed by atoms with Crippen LogP contribution in [0.2, 0.25) is 0 Å². The number of aliphatic imine (C=N–C) groups is 1. The van der Waals surface area contributed by atoms with Crippen LogP contribution in [-0.2, 0) is 11.3 Å². The van der Waals surface area contributed by atoms with E-state index in [-0.39, 0.29) is 30.1 Å². The lowest BCUT2D eigenvalue weighted by molar-refractivity contribution is 0.114. The van der Waals surface area contributed by atoms with Crippen molar-refractivity contribution in [1.82, 2.24) is 5.32 Å². The van der Waals surface area contributed by atoms with E-state index in [1.165, 1.54) is 0 Å². The molecule has 0 aliphatic carbocycles. The second kappa shape index (κ2) is 10.5. The summed E-state index contributed by atoms with van der Waals surface area (Å²) in [5, 5.41) is 3.10. The van der Waals surface area contributed by atoms with Gasteiger partial charge in [-0.3, -0.25) is 0 Å². The minimum atomic E-state index is 0. The SMILES string of the molecule is CCOc1cc(CN=C(N)NCC2CCCO2)ccc1OC.I. The van der Waals surface area contributed by atoms with Gasteiger partial charge in [-0.05, 0) is 37.5 Å². The average Bonchev–Trinajstić information content (AvgIpc) is 3.05. The Hall–Kier alpha value is -1.22. The Bertz CT molecular complexity index is 505. The molecule has 0 radical (unpaired) electrons. The molecule has 0 amide bonds. The van der Waals surface area contributed by atoms with Crippen LogP contribution in [0.1, 0.15) is 25.3 Å². The first-order valence-corrected chi connectivity index (χ1v) is 7.68. The number of nitrogens with one attached hydrogen (secondary N) is 1. The molecule has 0 spiro atoms. The second-order valence-electron chi connectivity index (χ2n) is 5.14. The largest absolute Gasteiger partial charge is 0.493 e. The van der Waals surface area contributed by atoms with Gasteiger partial charge in [-0.2, -0.15) is 0 Å². The van der Waals surface area contributed by atoms with Crippen LogP contribution in [0.15, 0.2) is 23.2 Å². The maximum Gasteiger partial charge on any atom is 0.189 e. The van der Waals surface area contributed by atoms with Gasteiger partial charge in [0.05, 0.1) is 26.4 Å². The van der Waals surface area contributed by atoms with E-state index in [1.807, 2.05) is 25.1 Å². The maximum atomic E-state index is 5.88. The molecule has 1 aliphatic rings. The Morgan fingerprint density at radius 1 is 1.43 bits per heavy atom. The van der Waals surface area contributed by atoms with Crippen LogP contribution in [0.4, 0.5) is 0 Å².